The van der Waals surface area contributed by atoms with Gasteiger partial charge in [-0.1, -0.05) is 85.2 Å². The first-order chi connectivity index (χ1) is 62.1. The summed E-state index contributed by atoms with van der Waals surface area (Å²) in [6.45, 7) is 32.0. The average molecular weight is 1910 g/mol. The summed E-state index contributed by atoms with van der Waals surface area (Å²) in [5.74, 6) is -21.0. The van der Waals surface area contributed by atoms with Crippen LogP contribution in [0.4, 0.5) is 0 Å². The monoisotopic (exact) mass is 1910 g/mol. The van der Waals surface area contributed by atoms with E-state index in [1.807, 2.05) is 0 Å². The molecule has 1 aromatic carbocycles. The minimum Gasteiger partial charge on any atom is -0.394 e. The zero-order valence-electron chi connectivity index (χ0n) is 82.2. The molecule has 14 atom stereocenters. The smallest absolute Gasteiger partial charge is 0.248 e. The molecule has 0 aromatic heterocycles. The zero-order chi connectivity index (χ0) is 104. The van der Waals surface area contributed by atoms with Crippen LogP contribution < -0.4 is 113 Å². The van der Waals surface area contributed by atoms with Crippen molar-refractivity contribution >= 4 is 130 Å². The Morgan fingerprint density at radius 3 is 1.26 bits per heavy atom. The number of benzene rings is 1. The second-order valence-electron chi connectivity index (χ2n) is 38.5. The number of carbonyl (C=O) groups is 22. The molecule has 135 heavy (non-hydrogen) atoms. The number of amides is 22. The van der Waals surface area contributed by atoms with E-state index < -0.39 is 286 Å². The third-order valence-corrected chi connectivity index (χ3v) is 22.7. The van der Waals surface area contributed by atoms with Gasteiger partial charge in [-0.05, 0) is 185 Å². The fraction of sp³-hybridized carbons (Fsp3) is 0.685. The molecule has 1 aliphatic heterocycles. The Bertz CT molecular complexity index is 4460. The van der Waals surface area contributed by atoms with Gasteiger partial charge in [0.25, 0.3) is 0 Å². The number of carbonyl (C=O) groups excluding carboxylic acids is 22. The molecule has 1 aliphatic rings. The highest BCUT2D eigenvalue weighted by Crippen LogP contribution is 2.25. The summed E-state index contributed by atoms with van der Waals surface area (Å²) in [6.07, 6.45) is -1.77. The van der Waals surface area contributed by atoms with Gasteiger partial charge in [-0.15, -0.1) is 0 Å². The largest absolute Gasteiger partial charge is 0.394 e. The van der Waals surface area contributed by atoms with Crippen LogP contribution >= 0.6 is 0 Å². The topological polar surface area (TPSA) is 714 Å². The van der Waals surface area contributed by atoms with Crippen molar-refractivity contribution in [3.05, 3.63) is 35.9 Å². The molecule has 1 saturated heterocycles. The van der Waals surface area contributed by atoms with Crippen molar-refractivity contribution in [2.75, 3.05) is 19.8 Å². The molecule has 22 amide bonds. The van der Waals surface area contributed by atoms with Gasteiger partial charge >= 0.3 is 0 Å². The van der Waals surface area contributed by atoms with Crippen LogP contribution in [0.25, 0.3) is 0 Å². The highest BCUT2D eigenvalue weighted by atomic mass is 16.3. The van der Waals surface area contributed by atoms with Gasteiger partial charge in [-0.25, -0.2) is 0 Å². The van der Waals surface area contributed by atoms with Gasteiger partial charge in [0.2, 0.25) is 130 Å². The summed E-state index contributed by atoms with van der Waals surface area (Å²) in [4.78, 5) is 300. The van der Waals surface area contributed by atoms with Crippen molar-refractivity contribution in [2.45, 2.75) is 354 Å². The van der Waals surface area contributed by atoms with Crippen LogP contribution in [-0.2, 0) is 112 Å². The molecule has 1 aromatic rings. The normalized spacial score (nSPS) is 16.1. The Kier molecular flexibility index (Phi) is 45.5. The third kappa shape index (κ3) is 37.7. The van der Waals surface area contributed by atoms with Crippen LogP contribution in [0.1, 0.15) is 242 Å². The molecule has 1 heterocycles. The standard InChI is InChI=1S/C89H148N22O24/c1-25-47(7)64(74(127)98-55(35-38-61(91)116)69(122)97-54(34-37-60(90)115)68(121)96-53(43-112)42-52-31-28-27-29-32-52)103-78(131)84(14,15)108-75(128)63(46(5)6)102-73(126)59-33-30-40-111(59)82(135)88(22,23)107-72(125)57(41-45(3)4)99-70(123)58(44-113)100-66(119)49(9)95-77(130)85(16,17)109-79(132)86(18,19)106-71(124)56(36-39-62(92)117)101-81(134)89(24,26-2)110-80(133)87(20,21)105-67(120)50(10)93-65(118)48(8)94-76(129)83(12,13)104-51(11)114/h27-29,31-32,45-50,53-59,63-64,112-113H,25-26,30,33-44H2,1-24H3,(H2,90,115)(H2,91,116)(H2,92,117)(H,93,118)(H,94,129)(H,95,130)(H,96,121)(H,97,122)(H,98,127)(H,99,123)(H,100,119)(H,101,134)(H,102,126)(H,103,131)(H,104,114)(H,105,120)(H,106,124)(H,107,125)(H,108,128)(H,109,132)(H,110,133)/t47-,48-,49-,50-,53-,54-,55-,56-,57-,58-,59-,63-,64-,89?/m0/s1. The lowest BCUT2D eigenvalue weighted by molar-refractivity contribution is -0.146. The van der Waals surface area contributed by atoms with Crippen molar-refractivity contribution in [1.29, 1.82) is 0 Å². The summed E-state index contributed by atoms with van der Waals surface area (Å²) in [7, 11) is 0. The predicted molar refractivity (Wildman–Crippen MR) is 492 cm³/mol. The first-order valence-corrected chi connectivity index (χ1v) is 45.1. The lowest BCUT2D eigenvalue weighted by atomic mass is 9.93. The maximum Gasteiger partial charge on any atom is 0.248 e. The Balaban J connectivity index is 2.23. The average Bonchev–Trinajstić information content (AvgIpc) is 1.79. The number of aliphatic hydroxyl groups excluding tert-OH is 2. The Labute approximate surface area is 788 Å². The lowest BCUT2D eigenvalue weighted by Crippen LogP contribution is -2.67. The van der Waals surface area contributed by atoms with E-state index in [0.717, 1.165) is 5.56 Å². The number of hydrogen-bond donors (Lipinski definition) is 23. The van der Waals surface area contributed by atoms with Crippen LogP contribution in [0.3, 0.4) is 0 Å². The summed E-state index contributed by atoms with van der Waals surface area (Å²) < 4.78 is 0. The van der Waals surface area contributed by atoms with Gasteiger partial charge < -0.3 is 128 Å². The van der Waals surface area contributed by atoms with Crippen molar-refractivity contribution in [2.24, 2.45) is 35.0 Å². The van der Waals surface area contributed by atoms with Crippen LogP contribution in [0.15, 0.2) is 30.3 Å². The molecular formula is C89H148N22O24. The van der Waals surface area contributed by atoms with E-state index >= 15 is 0 Å². The molecule has 46 nitrogen and oxygen atoms in total. The van der Waals surface area contributed by atoms with E-state index in [1.165, 1.54) is 130 Å². The fourth-order valence-electron chi connectivity index (χ4n) is 13.6. The maximum atomic E-state index is 14.6. The summed E-state index contributed by atoms with van der Waals surface area (Å²) in [5.41, 5.74) is 4.56. The van der Waals surface area contributed by atoms with Crippen LogP contribution in [0.2, 0.25) is 0 Å². The first kappa shape index (κ1) is 119. The van der Waals surface area contributed by atoms with Crippen LogP contribution in [0.5, 0.6) is 0 Å². The van der Waals surface area contributed by atoms with Crippen molar-refractivity contribution in [3.8, 4) is 0 Å². The molecule has 0 spiro atoms. The van der Waals surface area contributed by atoms with E-state index in [0.29, 0.717) is 0 Å². The summed E-state index contributed by atoms with van der Waals surface area (Å²) in [5, 5.41) is 66.2. The van der Waals surface area contributed by atoms with E-state index in [1.54, 1.807) is 71.9 Å². The minimum absolute atomic E-state index is 0.00490. The second kappa shape index (κ2) is 51.8. The third-order valence-electron chi connectivity index (χ3n) is 22.7. The number of primary amides is 3. The molecule has 1 fully saturated rings. The number of rotatable bonds is 55. The zero-order valence-corrected chi connectivity index (χ0v) is 82.2. The van der Waals surface area contributed by atoms with E-state index in [-0.39, 0.29) is 70.3 Å². The van der Waals surface area contributed by atoms with Gasteiger partial charge in [-0.3, -0.25) is 105 Å². The quantitative estimate of drug-likeness (QED) is 0.0290. The molecule has 0 aliphatic carbocycles. The predicted octanol–water partition coefficient (Wildman–Crippen LogP) is -5.18. The maximum absolute atomic E-state index is 14.6. The molecule has 46 heteroatoms. The number of hydrogen-bond acceptors (Lipinski definition) is 24. The molecule has 0 bridgehead atoms. The van der Waals surface area contributed by atoms with Crippen LogP contribution in [-0.4, -0.2) is 276 Å². The summed E-state index contributed by atoms with van der Waals surface area (Å²) in [6, 6.07) is -7.80. The first-order valence-electron chi connectivity index (χ1n) is 45.1. The highest BCUT2D eigenvalue weighted by molar-refractivity contribution is 6.04. The van der Waals surface area contributed by atoms with Crippen molar-refractivity contribution in [3.63, 3.8) is 0 Å². The number of aliphatic hydroxyl groups is 2. The van der Waals surface area contributed by atoms with E-state index in [9.17, 15) is 116 Å². The van der Waals surface area contributed by atoms with Gasteiger partial charge in [0.15, 0.2) is 0 Å². The molecule has 2 rings (SSSR count). The molecule has 0 saturated carbocycles. The molecular weight excluding hydrogens is 1760 g/mol. The summed E-state index contributed by atoms with van der Waals surface area (Å²) >= 11 is 0. The van der Waals surface area contributed by atoms with Gasteiger partial charge in [0.1, 0.15) is 105 Å². The van der Waals surface area contributed by atoms with Gasteiger partial charge in [0.05, 0.1) is 19.3 Å². The number of likely N-dealkylation sites (tertiary alicyclic amines) is 1. The number of nitrogens with two attached hydrogens (primary N) is 3. The van der Waals surface area contributed by atoms with Gasteiger partial charge in [0, 0.05) is 32.7 Å². The molecule has 758 valence electrons. The van der Waals surface area contributed by atoms with Crippen molar-refractivity contribution in [1.82, 2.24) is 101 Å². The SMILES string of the molecule is CC[C@H](C)[C@H](NC(=O)C(C)(C)NC(=O)[C@@H](NC(=O)[C@@H]1CCCN1C(=O)C(C)(C)NC(=O)[C@H](CC(C)C)NC(=O)[C@H](CO)NC(=O)[C@H](C)NC(=O)C(C)(C)NC(=O)C(C)(C)NC(=O)[C@H](CCC(N)=O)NC(=O)C(C)(CC)NC(=O)C(C)(C)NC(=O)[C@H](C)NC(=O)[C@H](C)NC(=O)C(C)(C)NC(C)=O)C(C)C)C(=O)N[C@@H](CCC(N)=O)C(=O)N[C@@H](CCC(N)=O)C(=O)N[C@H](CO)Cc1ccccc1. The molecule has 0 radical (unpaired) electrons. The van der Waals surface area contributed by atoms with Crippen molar-refractivity contribution < 1.29 is 116 Å². The van der Waals surface area contributed by atoms with E-state index in [2.05, 4.69) is 95.7 Å². The van der Waals surface area contributed by atoms with Crippen LogP contribution in [0, 0.1) is 17.8 Å². The second-order valence-corrected chi connectivity index (χ2v) is 38.5. The Morgan fingerprint density at radius 2 is 0.793 bits per heavy atom. The highest BCUT2D eigenvalue weighted by Gasteiger charge is 2.48. The molecule has 26 N–H and O–H groups in total. The number of nitrogens with one attached hydrogen (secondary N) is 18. The molecule has 1 unspecified atom stereocenters. The Morgan fingerprint density at radius 1 is 0.393 bits per heavy atom. The fourth-order valence-corrected chi connectivity index (χ4v) is 13.6. The van der Waals surface area contributed by atoms with Gasteiger partial charge in [-0.2, -0.15) is 0 Å². The van der Waals surface area contributed by atoms with E-state index in [4.69, 9.17) is 17.2 Å². The minimum atomic E-state index is -1.94. The Hall–Kier alpha value is -12.5. The lowest BCUT2D eigenvalue weighted by Gasteiger charge is -2.36. The number of nitrogens with zero attached hydrogens (tertiary/aromatic N) is 1.